The third-order valence-electron chi connectivity index (χ3n) is 2.50. The topological polar surface area (TPSA) is 9.23 Å². The molecule has 0 atom stereocenters. The number of hydrogen-bond donors (Lipinski definition) is 0. The van der Waals surface area contributed by atoms with Gasteiger partial charge in [0.05, 0.1) is 0 Å². The summed E-state index contributed by atoms with van der Waals surface area (Å²) in [7, 11) is 0. The first-order valence-electron chi connectivity index (χ1n) is 5.48. The lowest BCUT2D eigenvalue weighted by Crippen LogP contribution is -2.25. The number of rotatable bonds is 3. The molecule has 0 aliphatic carbocycles. The van der Waals surface area contributed by atoms with E-state index in [0.717, 1.165) is 0 Å². The van der Waals surface area contributed by atoms with E-state index in [4.69, 9.17) is 11.6 Å². The normalized spacial score (nSPS) is 11.6. The van der Waals surface area contributed by atoms with E-state index in [9.17, 15) is 30.7 Å². The van der Waals surface area contributed by atoms with E-state index in [1.54, 1.807) is 0 Å². The molecule has 0 saturated carbocycles. The Hall–Kier alpha value is -1.96. The molecule has 0 unspecified atom stereocenters. The Morgan fingerprint density at radius 1 is 0.773 bits per heavy atom. The van der Waals surface area contributed by atoms with E-state index in [0.29, 0.717) is 12.1 Å². The van der Waals surface area contributed by atoms with Gasteiger partial charge in [-0.05, 0) is 12.1 Å². The molecule has 0 bridgehead atoms. The monoisotopic (exact) mass is 344 g/mol. The van der Waals surface area contributed by atoms with Gasteiger partial charge in [-0.25, -0.2) is 22.0 Å². The molecule has 0 radical (unpaired) electrons. The number of alkyl halides is 2. The highest BCUT2D eigenvalue weighted by molar-refractivity contribution is 6.30. The predicted octanol–water partition coefficient (Wildman–Crippen LogP) is 5.16. The minimum Gasteiger partial charge on any atom is -0.429 e. The molecule has 1 nitrogen and oxygen atoms in total. The van der Waals surface area contributed by atoms with Crippen LogP contribution >= 0.6 is 11.6 Å². The molecule has 0 aliphatic rings. The molecule has 22 heavy (non-hydrogen) atoms. The van der Waals surface area contributed by atoms with Gasteiger partial charge in [0.2, 0.25) is 0 Å². The lowest BCUT2D eigenvalue weighted by molar-refractivity contribution is -0.189. The molecule has 0 amide bonds. The fourth-order valence-corrected chi connectivity index (χ4v) is 1.80. The average Bonchev–Trinajstić information content (AvgIpc) is 2.33. The summed E-state index contributed by atoms with van der Waals surface area (Å²) < 4.78 is 96.9. The van der Waals surface area contributed by atoms with Gasteiger partial charge in [-0.2, -0.15) is 8.78 Å². The molecular weight excluding hydrogens is 341 g/mol. The maximum Gasteiger partial charge on any atom is 0.432 e. The van der Waals surface area contributed by atoms with Gasteiger partial charge in [-0.1, -0.05) is 11.6 Å². The molecule has 0 spiro atoms. The van der Waals surface area contributed by atoms with Gasteiger partial charge in [0, 0.05) is 17.2 Å². The smallest absolute Gasteiger partial charge is 0.429 e. The highest BCUT2D eigenvalue weighted by Crippen LogP contribution is 2.36. The summed E-state index contributed by atoms with van der Waals surface area (Å²) in [6.45, 7) is 0. The lowest BCUT2D eigenvalue weighted by atomic mass is 10.2. The van der Waals surface area contributed by atoms with Crippen molar-refractivity contribution in [3.8, 4) is 5.75 Å². The van der Waals surface area contributed by atoms with Crippen molar-refractivity contribution in [1.29, 1.82) is 0 Å². The van der Waals surface area contributed by atoms with Crippen LogP contribution in [0.25, 0.3) is 0 Å². The number of halogens is 8. The van der Waals surface area contributed by atoms with Crippen LogP contribution in [0, 0.1) is 29.1 Å². The van der Waals surface area contributed by atoms with Gasteiger partial charge in [-0.3, -0.25) is 0 Å². The van der Waals surface area contributed by atoms with Gasteiger partial charge < -0.3 is 4.74 Å². The molecule has 0 aliphatic heterocycles. The maximum atomic E-state index is 13.8. The molecule has 0 saturated heterocycles. The van der Waals surface area contributed by atoms with Crippen molar-refractivity contribution in [3.05, 3.63) is 63.9 Å². The fourth-order valence-electron chi connectivity index (χ4n) is 1.61. The van der Waals surface area contributed by atoms with Crippen molar-refractivity contribution >= 4 is 11.6 Å². The van der Waals surface area contributed by atoms with Crippen molar-refractivity contribution in [2.75, 3.05) is 0 Å². The zero-order chi connectivity index (χ0) is 16.7. The van der Waals surface area contributed by atoms with Crippen molar-refractivity contribution in [3.63, 3.8) is 0 Å². The second-order valence-electron chi connectivity index (χ2n) is 4.06. The quantitative estimate of drug-likeness (QED) is 0.552. The maximum absolute atomic E-state index is 13.8. The van der Waals surface area contributed by atoms with Gasteiger partial charge in [0.25, 0.3) is 0 Å². The number of hydrogen-bond acceptors (Lipinski definition) is 1. The first kappa shape index (κ1) is 16.4. The van der Waals surface area contributed by atoms with Crippen LogP contribution in [0.5, 0.6) is 5.75 Å². The predicted molar refractivity (Wildman–Crippen MR) is 62.2 cm³/mol. The minimum atomic E-state index is -4.62. The summed E-state index contributed by atoms with van der Waals surface area (Å²) in [6, 6.07) is 1.03. The zero-order valence-electron chi connectivity index (χ0n) is 10.2. The van der Waals surface area contributed by atoms with E-state index < -0.39 is 51.5 Å². The van der Waals surface area contributed by atoms with E-state index in [-0.39, 0.29) is 12.1 Å². The molecule has 2 aromatic rings. The Labute approximate surface area is 123 Å². The van der Waals surface area contributed by atoms with E-state index >= 15 is 0 Å². The molecule has 118 valence electrons. The van der Waals surface area contributed by atoms with Crippen molar-refractivity contribution < 1.29 is 35.5 Å². The number of ether oxygens (including phenoxy) is 1. The summed E-state index contributed by atoms with van der Waals surface area (Å²) >= 11 is 5.28. The summed E-state index contributed by atoms with van der Waals surface area (Å²) in [6.07, 6.45) is -4.62. The average molecular weight is 345 g/mol. The van der Waals surface area contributed by atoms with Crippen LogP contribution < -0.4 is 4.74 Å². The van der Waals surface area contributed by atoms with Crippen LogP contribution in [0.2, 0.25) is 5.02 Å². The second-order valence-corrected chi connectivity index (χ2v) is 4.50. The van der Waals surface area contributed by atoms with Crippen LogP contribution in [-0.2, 0) is 6.11 Å². The van der Waals surface area contributed by atoms with Crippen molar-refractivity contribution in [2.24, 2.45) is 0 Å². The van der Waals surface area contributed by atoms with Crippen LogP contribution in [0.3, 0.4) is 0 Å². The third kappa shape index (κ3) is 3.11. The largest absolute Gasteiger partial charge is 0.432 e. The minimum absolute atomic E-state index is 0.109. The second kappa shape index (κ2) is 5.68. The summed E-state index contributed by atoms with van der Waals surface area (Å²) in [5, 5.41) is -0.478. The molecule has 0 N–H and O–H groups in total. The van der Waals surface area contributed by atoms with Crippen LogP contribution in [-0.4, -0.2) is 0 Å². The van der Waals surface area contributed by atoms with E-state index in [1.165, 1.54) is 0 Å². The summed E-state index contributed by atoms with van der Waals surface area (Å²) in [4.78, 5) is 0. The van der Waals surface area contributed by atoms with Crippen molar-refractivity contribution in [1.82, 2.24) is 0 Å². The summed E-state index contributed by atoms with van der Waals surface area (Å²) in [5.41, 5.74) is -1.80. The highest BCUT2D eigenvalue weighted by Gasteiger charge is 2.41. The van der Waals surface area contributed by atoms with Gasteiger partial charge >= 0.3 is 6.11 Å². The van der Waals surface area contributed by atoms with Crippen molar-refractivity contribution in [2.45, 2.75) is 6.11 Å². The SMILES string of the molecule is Fc1cc(OC(F)(F)c2c(F)cc(Cl)cc2F)cc(F)c1F. The van der Waals surface area contributed by atoms with Gasteiger partial charge in [-0.15, -0.1) is 0 Å². The van der Waals surface area contributed by atoms with Crippen LogP contribution in [0.15, 0.2) is 24.3 Å². The molecule has 0 heterocycles. The first-order chi connectivity index (χ1) is 10.1. The van der Waals surface area contributed by atoms with Gasteiger partial charge in [0.15, 0.2) is 17.5 Å². The Morgan fingerprint density at radius 2 is 1.23 bits per heavy atom. The standard InChI is InChI=1S/C13H4ClF7O/c14-5-1-7(15)11(8(16)2-5)13(20,21)22-6-3-9(17)12(19)10(18)4-6/h1-4H. The highest BCUT2D eigenvalue weighted by atomic mass is 35.5. The molecule has 0 fully saturated rings. The molecule has 2 rings (SSSR count). The Kier molecular flexibility index (Phi) is 4.23. The Bertz CT molecular complexity index is 686. The first-order valence-corrected chi connectivity index (χ1v) is 5.86. The fraction of sp³-hybridized carbons (Fsp3) is 0.0769. The summed E-state index contributed by atoms with van der Waals surface area (Å²) in [5.74, 6) is -10.1. The van der Waals surface area contributed by atoms with E-state index in [2.05, 4.69) is 4.74 Å². The Balaban J connectivity index is 2.44. The van der Waals surface area contributed by atoms with Crippen LogP contribution in [0.1, 0.15) is 5.56 Å². The molecular formula is C13H4ClF7O. The lowest BCUT2D eigenvalue weighted by Gasteiger charge is -2.19. The van der Waals surface area contributed by atoms with Gasteiger partial charge in [0.1, 0.15) is 22.9 Å². The molecule has 9 heteroatoms. The Morgan fingerprint density at radius 3 is 1.68 bits per heavy atom. The zero-order valence-corrected chi connectivity index (χ0v) is 11.0. The molecule has 2 aromatic carbocycles. The van der Waals surface area contributed by atoms with Crippen LogP contribution in [0.4, 0.5) is 30.7 Å². The van der Waals surface area contributed by atoms with E-state index in [1.807, 2.05) is 0 Å². The third-order valence-corrected chi connectivity index (χ3v) is 2.72. The molecule has 0 aromatic heterocycles. The number of benzene rings is 2.